The van der Waals surface area contributed by atoms with E-state index in [1.807, 2.05) is 20.8 Å². The van der Waals surface area contributed by atoms with E-state index in [4.69, 9.17) is 46.4 Å². The van der Waals surface area contributed by atoms with Crippen LogP contribution in [0.2, 0.25) is 20.1 Å². The number of rotatable bonds is 11. The Morgan fingerprint density at radius 1 is 0.829 bits per heavy atom. The molecule has 0 heterocycles. The van der Waals surface area contributed by atoms with Crippen molar-refractivity contribution in [3.8, 4) is 0 Å². The summed E-state index contributed by atoms with van der Waals surface area (Å²) >= 11 is 24.6. The molecule has 3 aromatic rings. The highest BCUT2D eigenvalue weighted by atomic mass is 35.5. The summed E-state index contributed by atoms with van der Waals surface area (Å²) in [5.41, 5.74) is 1.62. The molecule has 0 aliphatic heterocycles. The lowest BCUT2D eigenvalue weighted by Gasteiger charge is -2.32. The van der Waals surface area contributed by atoms with E-state index in [-0.39, 0.29) is 44.0 Å². The fourth-order valence-corrected chi connectivity index (χ4v) is 5.90. The summed E-state index contributed by atoms with van der Waals surface area (Å²) in [7, 11) is -4.24. The standard InChI is InChI=1S/C29H31Cl4N3O4S/c1-18(2)15-34-29(38)20(4)35(16-21-7-11-24(30)26(32)13-21)28(37)17-36(22-8-12-25(31)27(33)14-22)41(39,40)23-9-5-19(3)6-10-23/h5-14,18,20H,15-17H2,1-4H3,(H,34,38)/t20-/m0/s1. The second-order valence-electron chi connectivity index (χ2n) is 10.0. The molecule has 0 unspecified atom stereocenters. The molecule has 0 saturated heterocycles. The van der Waals surface area contributed by atoms with Gasteiger partial charge >= 0.3 is 0 Å². The Morgan fingerprint density at radius 2 is 1.41 bits per heavy atom. The molecule has 0 aromatic heterocycles. The Balaban J connectivity index is 2.05. The zero-order valence-corrected chi connectivity index (χ0v) is 26.8. The molecule has 0 fully saturated rings. The molecule has 1 N–H and O–H groups in total. The maximum absolute atomic E-state index is 14.0. The number of benzene rings is 3. The van der Waals surface area contributed by atoms with Gasteiger partial charge in [-0.1, -0.05) is 84.0 Å². The molecule has 41 heavy (non-hydrogen) atoms. The zero-order valence-electron chi connectivity index (χ0n) is 23.0. The predicted molar refractivity (Wildman–Crippen MR) is 166 cm³/mol. The van der Waals surface area contributed by atoms with Gasteiger partial charge in [-0.3, -0.25) is 13.9 Å². The first kappa shape index (κ1) is 33.0. The van der Waals surface area contributed by atoms with Crippen LogP contribution in [0.25, 0.3) is 0 Å². The lowest BCUT2D eigenvalue weighted by atomic mass is 10.1. The van der Waals surface area contributed by atoms with Crippen LogP contribution in [-0.2, 0) is 26.2 Å². The molecule has 2 amide bonds. The van der Waals surface area contributed by atoms with Crippen LogP contribution in [-0.4, -0.2) is 44.3 Å². The first-order valence-electron chi connectivity index (χ1n) is 12.8. The van der Waals surface area contributed by atoms with Crippen LogP contribution in [0.5, 0.6) is 0 Å². The van der Waals surface area contributed by atoms with Gasteiger partial charge in [0.1, 0.15) is 12.6 Å². The number of amides is 2. The number of sulfonamides is 1. The van der Waals surface area contributed by atoms with E-state index >= 15 is 0 Å². The van der Waals surface area contributed by atoms with Gasteiger partial charge in [0.15, 0.2) is 0 Å². The highest BCUT2D eigenvalue weighted by Crippen LogP contribution is 2.31. The predicted octanol–water partition coefficient (Wildman–Crippen LogP) is 6.99. The van der Waals surface area contributed by atoms with Crippen LogP contribution >= 0.6 is 46.4 Å². The number of halogens is 4. The lowest BCUT2D eigenvalue weighted by Crippen LogP contribution is -2.51. The van der Waals surface area contributed by atoms with Crippen molar-refractivity contribution in [1.29, 1.82) is 0 Å². The number of hydrogen-bond acceptors (Lipinski definition) is 4. The second kappa shape index (κ2) is 14.1. The van der Waals surface area contributed by atoms with Gasteiger partial charge in [-0.25, -0.2) is 8.42 Å². The summed E-state index contributed by atoms with van der Waals surface area (Å²) in [6.45, 7) is 7.11. The maximum Gasteiger partial charge on any atom is 0.264 e. The van der Waals surface area contributed by atoms with Gasteiger partial charge in [-0.15, -0.1) is 0 Å². The van der Waals surface area contributed by atoms with Gasteiger partial charge in [-0.05, 0) is 67.8 Å². The molecule has 0 radical (unpaired) electrons. The van der Waals surface area contributed by atoms with Crippen LogP contribution in [0.3, 0.4) is 0 Å². The van der Waals surface area contributed by atoms with Crippen LogP contribution < -0.4 is 9.62 Å². The number of hydrogen-bond donors (Lipinski definition) is 1. The van der Waals surface area contributed by atoms with Crippen LogP contribution in [0.1, 0.15) is 31.9 Å². The summed E-state index contributed by atoms with van der Waals surface area (Å²) in [5.74, 6) is -0.810. The third kappa shape index (κ3) is 8.52. The quantitative estimate of drug-likeness (QED) is 0.241. The summed E-state index contributed by atoms with van der Waals surface area (Å²) in [6.07, 6.45) is 0. The van der Waals surface area contributed by atoms with Crippen molar-refractivity contribution in [3.63, 3.8) is 0 Å². The molecule has 12 heteroatoms. The number of aryl methyl sites for hydroxylation is 1. The average molecular weight is 659 g/mol. The Labute approximate surface area is 261 Å². The number of carbonyl (C=O) groups excluding carboxylic acids is 2. The summed E-state index contributed by atoms with van der Waals surface area (Å²) in [5, 5.41) is 3.81. The fourth-order valence-electron chi connectivity index (χ4n) is 3.88. The van der Waals surface area contributed by atoms with E-state index in [2.05, 4.69) is 5.32 Å². The van der Waals surface area contributed by atoms with E-state index < -0.39 is 28.5 Å². The van der Waals surface area contributed by atoms with Gasteiger partial charge in [0.05, 0.1) is 30.7 Å². The number of carbonyl (C=O) groups is 2. The zero-order chi connectivity index (χ0) is 30.5. The highest BCUT2D eigenvalue weighted by molar-refractivity contribution is 7.92. The molecule has 7 nitrogen and oxygen atoms in total. The summed E-state index contributed by atoms with van der Waals surface area (Å²) in [4.78, 5) is 28.3. The van der Waals surface area contributed by atoms with Crippen molar-refractivity contribution in [2.24, 2.45) is 5.92 Å². The van der Waals surface area contributed by atoms with Crippen LogP contribution in [0.4, 0.5) is 5.69 Å². The molecule has 0 bridgehead atoms. The van der Waals surface area contributed by atoms with E-state index in [1.165, 1.54) is 35.2 Å². The van der Waals surface area contributed by atoms with Crippen molar-refractivity contribution in [1.82, 2.24) is 10.2 Å². The molecular weight excluding hydrogens is 628 g/mol. The minimum atomic E-state index is -4.24. The van der Waals surface area contributed by atoms with Crippen LogP contribution in [0.15, 0.2) is 65.6 Å². The Kier molecular flexibility index (Phi) is 11.4. The highest BCUT2D eigenvalue weighted by Gasteiger charge is 2.33. The monoisotopic (exact) mass is 657 g/mol. The molecule has 220 valence electrons. The molecule has 0 aliphatic rings. The van der Waals surface area contributed by atoms with E-state index in [1.54, 1.807) is 37.3 Å². The SMILES string of the molecule is Cc1ccc(S(=O)(=O)N(CC(=O)N(Cc2ccc(Cl)c(Cl)c2)[C@@H](C)C(=O)NCC(C)C)c2ccc(Cl)c(Cl)c2)cc1. The summed E-state index contributed by atoms with van der Waals surface area (Å²) in [6, 6.07) is 14.5. The summed E-state index contributed by atoms with van der Waals surface area (Å²) < 4.78 is 28.7. The first-order chi connectivity index (χ1) is 19.2. The minimum absolute atomic E-state index is 0.0132. The molecule has 0 saturated carbocycles. The van der Waals surface area contributed by atoms with Gasteiger partial charge in [0.2, 0.25) is 11.8 Å². The van der Waals surface area contributed by atoms with Gasteiger partial charge in [0, 0.05) is 13.1 Å². The maximum atomic E-state index is 14.0. The minimum Gasteiger partial charge on any atom is -0.354 e. The molecule has 3 rings (SSSR count). The third-order valence-corrected chi connectivity index (χ3v) is 9.53. The molecule has 3 aromatic carbocycles. The second-order valence-corrected chi connectivity index (χ2v) is 13.5. The topological polar surface area (TPSA) is 86.8 Å². The molecular formula is C29H31Cl4N3O4S. The Bertz CT molecular complexity index is 1510. The first-order valence-corrected chi connectivity index (χ1v) is 15.7. The van der Waals surface area contributed by atoms with Gasteiger partial charge in [0.25, 0.3) is 10.0 Å². The number of nitrogens with zero attached hydrogens (tertiary/aromatic N) is 2. The van der Waals surface area contributed by atoms with Crippen molar-refractivity contribution in [2.45, 2.75) is 45.2 Å². The van der Waals surface area contributed by atoms with Crippen molar-refractivity contribution in [2.75, 3.05) is 17.4 Å². The largest absolute Gasteiger partial charge is 0.354 e. The fraction of sp³-hybridized carbons (Fsp3) is 0.310. The molecule has 0 aliphatic carbocycles. The van der Waals surface area contributed by atoms with Crippen molar-refractivity contribution >= 4 is 73.9 Å². The van der Waals surface area contributed by atoms with Gasteiger partial charge < -0.3 is 10.2 Å². The van der Waals surface area contributed by atoms with E-state index in [0.29, 0.717) is 17.1 Å². The Morgan fingerprint density at radius 3 is 1.98 bits per heavy atom. The molecule has 0 spiro atoms. The third-order valence-electron chi connectivity index (χ3n) is 6.27. The lowest BCUT2D eigenvalue weighted by molar-refractivity contribution is -0.139. The van der Waals surface area contributed by atoms with E-state index in [9.17, 15) is 18.0 Å². The smallest absolute Gasteiger partial charge is 0.264 e. The average Bonchev–Trinajstić information content (AvgIpc) is 2.92. The number of anilines is 1. The van der Waals surface area contributed by atoms with E-state index in [0.717, 1.165) is 9.87 Å². The normalized spacial score (nSPS) is 12.2. The van der Waals surface area contributed by atoms with Gasteiger partial charge in [-0.2, -0.15) is 0 Å². The number of nitrogens with one attached hydrogen (secondary N) is 1. The Hall–Kier alpha value is -2.49. The molecule has 1 atom stereocenters. The van der Waals surface area contributed by atoms with Crippen molar-refractivity contribution < 1.29 is 18.0 Å². The van der Waals surface area contributed by atoms with Crippen molar-refractivity contribution in [3.05, 3.63) is 91.9 Å². The van der Waals surface area contributed by atoms with Crippen LogP contribution in [0, 0.1) is 12.8 Å².